The molecule has 5 aromatic rings. The molecule has 0 N–H and O–H groups in total. The molecule has 0 fully saturated rings. The molecule has 0 saturated heterocycles. The summed E-state index contributed by atoms with van der Waals surface area (Å²) in [7, 11) is 0. The molecule has 0 aliphatic carbocycles. The molecule has 36 heavy (non-hydrogen) atoms. The van der Waals surface area contributed by atoms with E-state index in [-0.39, 0.29) is 34.5 Å². The molecule has 9 nitrogen and oxygen atoms in total. The van der Waals surface area contributed by atoms with Gasteiger partial charge in [0.15, 0.2) is 5.76 Å². The zero-order valence-corrected chi connectivity index (χ0v) is 19.2. The van der Waals surface area contributed by atoms with Crippen molar-refractivity contribution >= 4 is 45.4 Å². The van der Waals surface area contributed by atoms with E-state index in [2.05, 4.69) is 16.0 Å². The number of halogens is 1. The van der Waals surface area contributed by atoms with Gasteiger partial charge in [-0.15, -0.1) is 6.42 Å². The number of fused-ring (bicyclic) bond motifs is 2. The molecule has 0 aliphatic rings. The molecule has 0 amide bonds. The maximum atomic E-state index is 13.4. The first-order valence-electron chi connectivity index (χ1n) is 10.6. The Labute approximate surface area is 208 Å². The van der Waals surface area contributed by atoms with Gasteiger partial charge in [-0.05, 0) is 30.3 Å². The highest BCUT2D eigenvalue weighted by Crippen LogP contribution is 2.36. The molecule has 0 spiro atoms. The zero-order chi connectivity index (χ0) is 25.2. The van der Waals surface area contributed by atoms with Crippen molar-refractivity contribution in [2.24, 2.45) is 5.10 Å². The predicted molar refractivity (Wildman–Crippen MR) is 137 cm³/mol. The van der Waals surface area contributed by atoms with Crippen LogP contribution in [0.1, 0.15) is 5.56 Å². The standard InChI is InChI=1S/C26H15ClN4O5/c1-2-11-35-24-19(27)12-16(13-21(24)31(33)34)15-28-30-25(23-14-17-7-3-6-10-22(17)36-23)29-20-9-5-4-8-18(20)26(30)32/h1,3-10,12-15H,11H2. The normalized spacial score (nSPS) is 11.2. The Morgan fingerprint density at radius 1 is 1.19 bits per heavy atom. The first kappa shape index (κ1) is 22.8. The Hall–Kier alpha value is -4.94. The van der Waals surface area contributed by atoms with Crippen molar-refractivity contribution in [2.45, 2.75) is 0 Å². The number of rotatable bonds is 6. The van der Waals surface area contributed by atoms with Crippen LogP contribution in [-0.2, 0) is 0 Å². The van der Waals surface area contributed by atoms with Crippen LogP contribution in [-0.4, -0.2) is 27.4 Å². The molecule has 2 heterocycles. The second-order valence-electron chi connectivity index (χ2n) is 7.56. The number of nitro benzene ring substituents is 1. The van der Waals surface area contributed by atoms with E-state index in [0.717, 1.165) is 10.1 Å². The van der Waals surface area contributed by atoms with E-state index in [9.17, 15) is 14.9 Å². The summed E-state index contributed by atoms with van der Waals surface area (Å²) in [5.41, 5.74) is 0.520. The molecule has 0 saturated carbocycles. The van der Waals surface area contributed by atoms with Crippen LogP contribution in [0.3, 0.4) is 0 Å². The molecule has 0 unspecified atom stereocenters. The van der Waals surface area contributed by atoms with Crippen molar-refractivity contribution in [1.82, 2.24) is 9.66 Å². The Kier molecular flexibility index (Phi) is 5.94. The SMILES string of the molecule is C#CCOc1c(Cl)cc(C=Nn2c(-c3cc4ccccc4o3)nc3ccccc3c2=O)cc1[N+](=O)[O-]. The average molecular weight is 499 g/mol. The van der Waals surface area contributed by atoms with Gasteiger partial charge in [-0.3, -0.25) is 14.9 Å². The molecule has 176 valence electrons. The van der Waals surface area contributed by atoms with E-state index in [1.54, 1.807) is 36.4 Å². The van der Waals surface area contributed by atoms with Gasteiger partial charge in [0, 0.05) is 17.0 Å². The fourth-order valence-electron chi connectivity index (χ4n) is 3.67. The third kappa shape index (κ3) is 4.17. The van der Waals surface area contributed by atoms with Gasteiger partial charge in [0.1, 0.15) is 12.2 Å². The number of ether oxygens (including phenoxy) is 1. The number of terminal acetylenes is 1. The summed E-state index contributed by atoms with van der Waals surface area (Å²) >= 11 is 6.22. The van der Waals surface area contributed by atoms with Crippen molar-refractivity contribution in [1.29, 1.82) is 0 Å². The third-order valence-electron chi connectivity index (χ3n) is 5.26. The quantitative estimate of drug-likeness (QED) is 0.136. The van der Waals surface area contributed by atoms with Crippen molar-refractivity contribution in [3.05, 3.63) is 97.8 Å². The average Bonchev–Trinajstić information content (AvgIpc) is 3.31. The maximum Gasteiger partial charge on any atom is 0.313 e. The zero-order valence-electron chi connectivity index (χ0n) is 18.4. The number of furan rings is 1. The third-order valence-corrected chi connectivity index (χ3v) is 5.55. The summed E-state index contributed by atoms with van der Waals surface area (Å²) < 4.78 is 12.3. The fraction of sp³-hybridized carbons (Fsp3) is 0.0385. The first-order valence-corrected chi connectivity index (χ1v) is 10.9. The van der Waals surface area contributed by atoms with Crippen LogP contribution in [0.4, 0.5) is 5.69 Å². The molecule has 2 aromatic heterocycles. The summed E-state index contributed by atoms with van der Waals surface area (Å²) in [5.74, 6) is 2.59. The highest BCUT2D eigenvalue weighted by molar-refractivity contribution is 6.32. The number of aromatic nitrogens is 2. The molecule has 0 bridgehead atoms. The molecule has 10 heteroatoms. The minimum absolute atomic E-state index is 0.0256. The van der Waals surface area contributed by atoms with Gasteiger partial charge in [0.25, 0.3) is 5.56 Å². The highest BCUT2D eigenvalue weighted by Gasteiger charge is 2.21. The number of benzene rings is 3. The fourth-order valence-corrected chi connectivity index (χ4v) is 3.95. The van der Waals surface area contributed by atoms with Crippen molar-refractivity contribution in [3.8, 4) is 29.7 Å². The number of hydrogen-bond acceptors (Lipinski definition) is 7. The second-order valence-corrected chi connectivity index (χ2v) is 7.97. The number of hydrogen-bond donors (Lipinski definition) is 0. The van der Waals surface area contributed by atoms with E-state index >= 15 is 0 Å². The highest BCUT2D eigenvalue weighted by atomic mass is 35.5. The number of nitrogens with zero attached hydrogens (tertiary/aromatic N) is 4. The molecule has 0 radical (unpaired) electrons. The molecule has 5 rings (SSSR count). The minimum Gasteiger partial charge on any atom is -0.473 e. The van der Waals surface area contributed by atoms with Gasteiger partial charge in [-0.1, -0.05) is 47.9 Å². The monoisotopic (exact) mass is 498 g/mol. The van der Waals surface area contributed by atoms with E-state index in [0.29, 0.717) is 22.2 Å². The second kappa shape index (κ2) is 9.37. The lowest BCUT2D eigenvalue weighted by atomic mass is 10.2. The molecule has 0 atom stereocenters. The lowest BCUT2D eigenvalue weighted by Gasteiger charge is -2.08. The summed E-state index contributed by atoms with van der Waals surface area (Å²) in [5, 5.41) is 17.0. The Balaban J connectivity index is 1.67. The first-order chi connectivity index (χ1) is 17.5. The number of nitro groups is 1. The van der Waals surface area contributed by atoms with E-state index < -0.39 is 10.5 Å². The number of para-hydroxylation sites is 2. The van der Waals surface area contributed by atoms with Crippen LogP contribution in [0.5, 0.6) is 5.75 Å². The molecular weight excluding hydrogens is 484 g/mol. The van der Waals surface area contributed by atoms with E-state index in [4.69, 9.17) is 27.2 Å². The molecular formula is C26H15ClN4O5. The summed E-state index contributed by atoms with van der Waals surface area (Å²) in [6.07, 6.45) is 6.45. The lowest BCUT2D eigenvalue weighted by molar-refractivity contribution is -0.385. The van der Waals surface area contributed by atoms with Gasteiger partial charge < -0.3 is 9.15 Å². The van der Waals surface area contributed by atoms with Crippen LogP contribution in [0, 0.1) is 22.5 Å². The summed E-state index contributed by atoms with van der Waals surface area (Å²) in [6.45, 7) is -0.187. The van der Waals surface area contributed by atoms with Crippen LogP contribution in [0.25, 0.3) is 33.5 Å². The van der Waals surface area contributed by atoms with Gasteiger partial charge in [0.05, 0.1) is 27.1 Å². The van der Waals surface area contributed by atoms with Gasteiger partial charge in [0.2, 0.25) is 11.6 Å². The van der Waals surface area contributed by atoms with Crippen molar-refractivity contribution < 1.29 is 14.1 Å². The molecule has 0 aliphatic heterocycles. The van der Waals surface area contributed by atoms with Crippen LogP contribution in [0.2, 0.25) is 5.02 Å². The van der Waals surface area contributed by atoms with Crippen LogP contribution < -0.4 is 10.3 Å². The maximum absolute atomic E-state index is 13.4. The summed E-state index contributed by atoms with van der Waals surface area (Å²) in [6, 6.07) is 18.6. The van der Waals surface area contributed by atoms with Crippen LogP contribution in [0.15, 0.2) is 81.0 Å². The Morgan fingerprint density at radius 3 is 2.75 bits per heavy atom. The van der Waals surface area contributed by atoms with Crippen molar-refractivity contribution in [2.75, 3.05) is 6.61 Å². The van der Waals surface area contributed by atoms with E-state index in [1.807, 2.05) is 18.2 Å². The van der Waals surface area contributed by atoms with Gasteiger partial charge in [-0.25, -0.2) is 4.98 Å². The van der Waals surface area contributed by atoms with Crippen LogP contribution >= 0.6 is 11.6 Å². The summed E-state index contributed by atoms with van der Waals surface area (Å²) in [4.78, 5) is 28.9. The van der Waals surface area contributed by atoms with Gasteiger partial charge in [-0.2, -0.15) is 9.78 Å². The van der Waals surface area contributed by atoms with Gasteiger partial charge >= 0.3 is 5.69 Å². The Morgan fingerprint density at radius 2 is 1.97 bits per heavy atom. The Bertz CT molecular complexity index is 1750. The smallest absolute Gasteiger partial charge is 0.313 e. The van der Waals surface area contributed by atoms with E-state index in [1.165, 1.54) is 18.3 Å². The largest absolute Gasteiger partial charge is 0.473 e. The lowest BCUT2D eigenvalue weighted by Crippen LogP contribution is -2.20. The van der Waals surface area contributed by atoms with Crippen molar-refractivity contribution in [3.63, 3.8) is 0 Å². The predicted octanol–water partition coefficient (Wildman–Crippen LogP) is 5.27. The topological polar surface area (TPSA) is 113 Å². The molecule has 3 aromatic carbocycles. The minimum atomic E-state index is -0.640.